The van der Waals surface area contributed by atoms with Crippen LogP contribution in [0.3, 0.4) is 0 Å². The van der Waals surface area contributed by atoms with E-state index in [0.29, 0.717) is 0 Å². The van der Waals surface area contributed by atoms with E-state index in [9.17, 15) is 4.79 Å². The number of anilines is 1. The Labute approximate surface area is 142 Å². The van der Waals surface area contributed by atoms with Gasteiger partial charge in [0.1, 0.15) is 11.9 Å². The van der Waals surface area contributed by atoms with Crippen molar-refractivity contribution in [2.75, 3.05) is 12.4 Å². The first kappa shape index (κ1) is 16.4. The zero-order valence-electron chi connectivity index (χ0n) is 14.5. The summed E-state index contributed by atoms with van der Waals surface area (Å²) in [6.07, 6.45) is -0.355. The van der Waals surface area contributed by atoms with E-state index in [1.807, 2.05) is 36.4 Å². The summed E-state index contributed by atoms with van der Waals surface area (Å²) in [5.74, 6) is 0.470. The molecule has 2 aromatic rings. The van der Waals surface area contributed by atoms with Crippen LogP contribution in [-0.4, -0.2) is 13.1 Å². The third kappa shape index (κ3) is 2.84. The van der Waals surface area contributed by atoms with Crippen LogP contribution in [0.1, 0.15) is 44.0 Å². The number of hydrogen-bond donors (Lipinski definition) is 1. The SMILES string of the molecule is COc1ccc2c(c1)[C@@H](OC(C)=O)C(C)(C)[C@@H](c1ccccc1)N2. The highest BCUT2D eigenvalue weighted by Gasteiger charge is 2.46. The number of methoxy groups -OCH3 is 1. The molecule has 0 aliphatic carbocycles. The molecule has 4 nitrogen and oxygen atoms in total. The summed E-state index contributed by atoms with van der Waals surface area (Å²) in [4.78, 5) is 11.7. The van der Waals surface area contributed by atoms with Gasteiger partial charge in [0, 0.05) is 23.6 Å². The largest absolute Gasteiger partial charge is 0.497 e. The normalized spacial score (nSPS) is 21.3. The second kappa shape index (κ2) is 6.19. The molecule has 0 fully saturated rings. The molecular weight excluding hydrogens is 302 g/mol. The summed E-state index contributed by atoms with van der Waals surface area (Å²) in [5.41, 5.74) is 2.75. The molecule has 1 heterocycles. The quantitative estimate of drug-likeness (QED) is 0.845. The lowest BCUT2D eigenvalue weighted by Crippen LogP contribution is -2.40. The van der Waals surface area contributed by atoms with Gasteiger partial charge in [0.15, 0.2) is 0 Å². The average molecular weight is 325 g/mol. The van der Waals surface area contributed by atoms with E-state index in [1.54, 1.807) is 7.11 Å². The average Bonchev–Trinajstić information content (AvgIpc) is 2.57. The zero-order valence-corrected chi connectivity index (χ0v) is 14.5. The molecule has 1 aliphatic heterocycles. The van der Waals surface area contributed by atoms with Crippen LogP contribution in [0.2, 0.25) is 0 Å². The molecule has 2 atom stereocenters. The van der Waals surface area contributed by atoms with Gasteiger partial charge in [-0.3, -0.25) is 4.79 Å². The predicted octanol–water partition coefficient (Wildman–Crippen LogP) is 4.49. The van der Waals surface area contributed by atoms with Crippen molar-refractivity contribution in [3.63, 3.8) is 0 Å². The van der Waals surface area contributed by atoms with E-state index < -0.39 is 0 Å². The minimum absolute atomic E-state index is 0.0314. The van der Waals surface area contributed by atoms with Crippen LogP contribution in [0, 0.1) is 5.41 Å². The van der Waals surface area contributed by atoms with Crippen LogP contribution < -0.4 is 10.1 Å². The van der Waals surface area contributed by atoms with Gasteiger partial charge in [0.25, 0.3) is 0 Å². The molecule has 0 unspecified atom stereocenters. The number of fused-ring (bicyclic) bond motifs is 1. The Morgan fingerprint density at radius 3 is 2.46 bits per heavy atom. The number of hydrogen-bond acceptors (Lipinski definition) is 4. The number of benzene rings is 2. The zero-order chi connectivity index (χ0) is 17.3. The first-order chi connectivity index (χ1) is 11.4. The van der Waals surface area contributed by atoms with Crippen molar-refractivity contribution < 1.29 is 14.3 Å². The predicted molar refractivity (Wildman–Crippen MR) is 94.1 cm³/mol. The summed E-state index contributed by atoms with van der Waals surface area (Å²) in [6, 6.07) is 16.1. The third-order valence-electron chi connectivity index (χ3n) is 4.68. The topological polar surface area (TPSA) is 47.6 Å². The van der Waals surface area contributed by atoms with Gasteiger partial charge >= 0.3 is 5.97 Å². The van der Waals surface area contributed by atoms with Gasteiger partial charge in [0.05, 0.1) is 13.2 Å². The third-order valence-corrected chi connectivity index (χ3v) is 4.68. The highest BCUT2D eigenvalue weighted by Crippen LogP contribution is 2.53. The highest BCUT2D eigenvalue weighted by molar-refractivity contribution is 5.68. The summed E-state index contributed by atoms with van der Waals surface area (Å²) >= 11 is 0. The highest BCUT2D eigenvalue weighted by atomic mass is 16.5. The van der Waals surface area contributed by atoms with Crippen molar-refractivity contribution in [3.8, 4) is 5.75 Å². The maximum absolute atomic E-state index is 11.7. The summed E-state index contributed by atoms with van der Waals surface area (Å²) < 4.78 is 11.1. The number of carbonyl (C=O) groups is 1. The molecule has 1 N–H and O–H groups in total. The second-order valence-corrected chi connectivity index (χ2v) is 6.75. The molecular formula is C20H23NO3. The van der Waals surface area contributed by atoms with Crippen molar-refractivity contribution in [2.24, 2.45) is 5.41 Å². The van der Waals surface area contributed by atoms with E-state index in [-0.39, 0.29) is 23.5 Å². The van der Waals surface area contributed by atoms with E-state index in [0.717, 1.165) is 17.0 Å². The van der Waals surface area contributed by atoms with Crippen LogP contribution in [-0.2, 0) is 9.53 Å². The Hall–Kier alpha value is -2.49. The Morgan fingerprint density at radius 1 is 1.12 bits per heavy atom. The molecule has 126 valence electrons. The van der Waals surface area contributed by atoms with Crippen molar-refractivity contribution in [2.45, 2.75) is 32.9 Å². The Bertz CT molecular complexity index is 740. The fourth-order valence-corrected chi connectivity index (χ4v) is 3.45. The van der Waals surface area contributed by atoms with Crippen molar-refractivity contribution >= 4 is 11.7 Å². The van der Waals surface area contributed by atoms with Gasteiger partial charge in [-0.1, -0.05) is 44.2 Å². The van der Waals surface area contributed by atoms with Crippen LogP contribution >= 0.6 is 0 Å². The summed E-state index contributed by atoms with van der Waals surface area (Å²) in [7, 11) is 1.64. The standard InChI is InChI=1S/C20H23NO3/c1-13(22)24-19-16-12-15(23-4)10-11-17(16)21-18(20(19,2)3)14-8-6-5-7-9-14/h5-12,18-19,21H,1-4H3/t18-,19-/m1/s1. The van der Waals surface area contributed by atoms with Crippen molar-refractivity contribution in [3.05, 3.63) is 59.7 Å². The lowest BCUT2D eigenvalue weighted by molar-refractivity contribution is -0.154. The molecule has 0 radical (unpaired) electrons. The molecule has 0 aromatic heterocycles. The Balaban J connectivity index is 2.12. The molecule has 2 aromatic carbocycles. The van der Waals surface area contributed by atoms with E-state index in [4.69, 9.17) is 9.47 Å². The van der Waals surface area contributed by atoms with Gasteiger partial charge in [-0.25, -0.2) is 0 Å². The molecule has 0 amide bonds. The molecule has 3 rings (SSSR count). The maximum Gasteiger partial charge on any atom is 0.303 e. The number of nitrogens with one attached hydrogen (secondary N) is 1. The molecule has 0 saturated carbocycles. The molecule has 0 saturated heterocycles. The monoisotopic (exact) mass is 325 g/mol. The minimum Gasteiger partial charge on any atom is -0.497 e. The van der Waals surface area contributed by atoms with Crippen LogP contribution in [0.5, 0.6) is 5.75 Å². The fourth-order valence-electron chi connectivity index (χ4n) is 3.45. The molecule has 0 bridgehead atoms. The van der Waals surface area contributed by atoms with E-state index in [2.05, 4.69) is 31.3 Å². The van der Waals surface area contributed by atoms with E-state index in [1.165, 1.54) is 12.5 Å². The first-order valence-electron chi connectivity index (χ1n) is 8.10. The maximum atomic E-state index is 11.7. The lowest BCUT2D eigenvalue weighted by atomic mass is 9.70. The van der Waals surface area contributed by atoms with Gasteiger partial charge in [-0.05, 0) is 23.8 Å². The fraction of sp³-hybridized carbons (Fsp3) is 0.350. The summed E-state index contributed by atoms with van der Waals surface area (Å²) in [6.45, 7) is 5.69. The number of rotatable bonds is 3. The Kier molecular flexibility index (Phi) is 4.22. The van der Waals surface area contributed by atoms with Gasteiger partial charge in [0.2, 0.25) is 0 Å². The smallest absolute Gasteiger partial charge is 0.303 e. The van der Waals surface area contributed by atoms with Crippen LogP contribution in [0.25, 0.3) is 0 Å². The van der Waals surface area contributed by atoms with Crippen molar-refractivity contribution in [1.29, 1.82) is 0 Å². The van der Waals surface area contributed by atoms with E-state index >= 15 is 0 Å². The summed E-state index contributed by atoms with van der Waals surface area (Å²) in [5, 5.41) is 3.61. The number of ether oxygens (including phenoxy) is 2. The van der Waals surface area contributed by atoms with Gasteiger partial charge in [-0.15, -0.1) is 0 Å². The molecule has 24 heavy (non-hydrogen) atoms. The lowest BCUT2D eigenvalue weighted by Gasteiger charge is -2.46. The number of carbonyl (C=O) groups excluding carboxylic acids is 1. The number of esters is 1. The second-order valence-electron chi connectivity index (χ2n) is 6.75. The molecule has 0 spiro atoms. The molecule has 1 aliphatic rings. The van der Waals surface area contributed by atoms with Crippen molar-refractivity contribution in [1.82, 2.24) is 0 Å². The van der Waals surface area contributed by atoms with Crippen LogP contribution in [0.4, 0.5) is 5.69 Å². The minimum atomic E-state index is -0.355. The van der Waals surface area contributed by atoms with Crippen LogP contribution in [0.15, 0.2) is 48.5 Å². The molecule has 4 heteroatoms. The van der Waals surface area contributed by atoms with Gasteiger partial charge in [-0.2, -0.15) is 0 Å². The van der Waals surface area contributed by atoms with Gasteiger partial charge < -0.3 is 14.8 Å². The Morgan fingerprint density at radius 2 is 1.83 bits per heavy atom. The first-order valence-corrected chi connectivity index (χ1v) is 8.10.